The van der Waals surface area contributed by atoms with Gasteiger partial charge in [-0.3, -0.25) is 14.5 Å². The molecule has 6 heteroatoms. The summed E-state index contributed by atoms with van der Waals surface area (Å²) in [5.74, 6) is -0.0473. The van der Waals surface area contributed by atoms with Crippen molar-refractivity contribution in [3.05, 3.63) is 118 Å². The fourth-order valence-electron chi connectivity index (χ4n) is 3.83. The zero-order chi connectivity index (χ0) is 23.5. The van der Waals surface area contributed by atoms with Crippen molar-refractivity contribution in [1.29, 1.82) is 0 Å². The van der Waals surface area contributed by atoms with Crippen LogP contribution in [0.1, 0.15) is 16.7 Å². The Kier molecular flexibility index (Phi) is 6.14. The van der Waals surface area contributed by atoms with Crippen LogP contribution in [0, 0.1) is 5.82 Å². The van der Waals surface area contributed by atoms with Crippen molar-refractivity contribution >= 4 is 39.8 Å². The van der Waals surface area contributed by atoms with Gasteiger partial charge in [0.1, 0.15) is 18.2 Å². The second-order valence-electron chi connectivity index (χ2n) is 7.89. The topological polar surface area (TPSA) is 46.6 Å². The third kappa shape index (κ3) is 4.72. The Morgan fingerprint density at radius 3 is 2.50 bits per heavy atom. The highest BCUT2D eigenvalue weighted by Crippen LogP contribution is 2.34. The molecule has 4 nitrogen and oxygen atoms in total. The van der Waals surface area contributed by atoms with Gasteiger partial charge in [0.05, 0.1) is 11.4 Å². The van der Waals surface area contributed by atoms with Crippen LogP contribution < -0.4 is 4.74 Å². The van der Waals surface area contributed by atoms with Gasteiger partial charge in [-0.05, 0) is 69.6 Å². The largest absolute Gasteiger partial charge is 0.489 e. The van der Waals surface area contributed by atoms with E-state index >= 15 is 0 Å². The molecule has 5 rings (SSSR count). The third-order valence-electron chi connectivity index (χ3n) is 5.56. The number of hydrogen-bond donors (Lipinski definition) is 0. The minimum atomic E-state index is -0.361. The summed E-state index contributed by atoms with van der Waals surface area (Å²) in [6.07, 6.45) is 1.69. The number of carbonyl (C=O) groups is 2. The molecule has 0 unspecified atom stereocenters. The second-order valence-corrected chi connectivity index (χ2v) is 8.89. The Hall–Kier alpha value is -3.90. The number of halogens is 1. The molecule has 4 aromatic rings. The first-order valence-electron chi connectivity index (χ1n) is 10.8. The molecule has 1 aliphatic heterocycles. The molecule has 4 aromatic carbocycles. The standard InChI is InChI=1S/C28H20FNO3S/c29-23-13-11-19(12-14-23)17-30-27(31)26(34-28(30)32)16-20-5-3-9-24(15-20)33-18-22-8-4-7-21-6-1-2-10-25(21)22/h1-16H,17-18H2/b26-16-. The Morgan fingerprint density at radius 1 is 0.882 bits per heavy atom. The molecule has 2 amide bonds. The summed E-state index contributed by atoms with van der Waals surface area (Å²) < 4.78 is 19.2. The predicted molar refractivity (Wildman–Crippen MR) is 133 cm³/mol. The van der Waals surface area contributed by atoms with E-state index in [0.717, 1.165) is 33.7 Å². The molecule has 1 fully saturated rings. The maximum Gasteiger partial charge on any atom is 0.293 e. The van der Waals surface area contributed by atoms with Crippen molar-refractivity contribution in [2.45, 2.75) is 13.2 Å². The number of amides is 2. The number of nitrogens with zero attached hydrogens (tertiary/aromatic N) is 1. The van der Waals surface area contributed by atoms with Crippen LogP contribution in [0.15, 0.2) is 95.9 Å². The van der Waals surface area contributed by atoms with Gasteiger partial charge in [-0.1, -0.05) is 66.7 Å². The Morgan fingerprint density at radius 2 is 1.65 bits per heavy atom. The molecule has 0 radical (unpaired) electrons. The Bertz CT molecular complexity index is 1410. The second kappa shape index (κ2) is 9.53. The molecule has 0 N–H and O–H groups in total. The van der Waals surface area contributed by atoms with Crippen LogP contribution in [0.5, 0.6) is 5.75 Å². The molecule has 1 heterocycles. The first-order valence-corrected chi connectivity index (χ1v) is 11.6. The summed E-state index contributed by atoms with van der Waals surface area (Å²) in [6, 6.07) is 27.5. The van der Waals surface area contributed by atoms with E-state index in [2.05, 4.69) is 18.2 Å². The number of imide groups is 1. The number of fused-ring (bicyclic) bond motifs is 1. The minimum Gasteiger partial charge on any atom is -0.489 e. The fourth-order valence-corrected chi connectivity index (χ4v) is 4.67. The van der Waals surface area contributed by atoms with E-state index in [1.807, 2.05) is 48.5 Å². The van der Waals surface area contributed by atoms with Crippen molar-refractivity contribution in [1.82, 2.24) is 4.90 Å². The molecule has 0 aliphatic carbocycles. The minimum absolute atomic E-state index is 0.108. The van der Waals surface area contributed by atoms with E-state index in [9.17, 15) is 14.0 Å². The summed E-state index contributed by atoms with van der Waals surface area (Å²) in [5.41, 5.74) is 2.54. The normalized spacial score (nSPS) is 14.9. The van der Waals surface area contributed by atoms with Gasteiger partial charge in [0.2, 0.25) is 0 Å². The van der Waals surface area contributed by atoms with Crippen LogP contribution >= 0.6 is 11.8 Å². The molecule has 0 bridgehead atoms. The lowest BCUT2D eigenvalue weighted by molar-refractivity contribution is -0.123. The molecular formula is C28H20FNO3S. The van der Waals surface area contributed by atoms with Crippen LogP contribution in [-0.4, -0.2) is 16.0 Å². The van der Waals surface area contributed by atoms with E-state index in [1.165, 1.54) is 17.0 Å². The van der Waals surface area contributed by atoms with Crippen molar-refractivity contribution < 1.29 is 18.7 Å². The molecular weight excluding hydrogens is 449 g/mol. The highest BCUT2D eigenvalue weighted by Gasteiger charge is 2.34. The third-order valence-corrected chi connectivity index (χ3v) is 6.47. The van der Waals surface area contributed by atoms with Crippen molar-refractivity contribution in [3.8, 4) is 5.75 Å². The lowest BCUT2D eigenvalue weighted by atomic mass is 10.1. The van der Waals surface area contributed by atoms with Crippen LogP contribution in [0.4, 0.5) is 9.18 Å². The number of rotatable bonds is 6. The Labute approximate surface area is 200 Å². The maximum atomic E-state index is 13.1. The van der Waals surface area contributed by atoms with Crippen molar-refractivity contribution in [2.24, 2.45) is 0 Å². The number of ether oxygens (including phenoxy) is 1. The molecule has 34 heavy (non-hydrogen) atoms. The molecule has 168 valence electrons. The summed E-state index contributed by atoms with van der Waals surface area (Å²) in [4.78, 5) is 26.8. The first kappa shape index (κ1) is 21.9. The van der Waals surface area contributed by atoms with Gasteiger partial charge in [-0.2, -0.15) is 0 Å². The molecule has 0 saturated carbocycles. The molecule has 0 aromatic heterocycles. The summed E-state index contributed by atoms with van der Waals surface area (Å²) in [6.45, 7) is 0.523. The maximum absolute atomic E-state index is 13.1. The fraction of sp³-hybridized carbons (Fsp3) is 0.0714. The van der Waals surface area contributed by atoms with E-state index < -0.39 is 0 Å². The number of carbonyl (C=O) groups excluding carboxylic acids is 2. The zero-order valence-electron chi connectivity index (χ0n) is 18.1. The van der Waals surface area contributed by atoms with Gasteiger partial charge in [0.15, 0.2) is 0 Å². The molecule has 0 spiro atoms. The summed E-state index contributed by atoms with van der Waals surface area (Å²) in [5, 5.41) is 1.97. The SMILES string of the molecule is O=C1S/C(=C\c2cccc(OCc3cccc4ccccc34)c2)C(=O)N1Cc1ccc(F)cc1. The smallest absolute Gasteiger partial charge is 0.293 e. The van der Waals surface area contributed by atoms with Crippen LogP contribution in [0.25, 0.3) is 16.8 Å². The molecule has 0 atom stereocenters. The molecule has 1 saturated heterocycles. The number of hydrogen-bond acceptors (Lipinski definition) is 4. The van der Waals surface area contributed by atoms with Crippen molar-refractivity contribution in [3.63, 3.8) is 0 Å². The highest BCUT2D eigenvalue weighted by molar-refractivity contribution is 8.18. The van der Waals surface area contributed by atoms with Gasteiger partial charge in [-0.15, -0.1) is 0 Å². The van der Waals surface area contributed by atoms with E-state index in [-0.39, 0.29) is 23.5 Å². The van der Waals surface area contributed by atoms with Crippen LogP contribution in [0.3, 0.4) is 0 Å². The van der Waals surface area contributed by atoms with E-state index in [0.29, 0.717) is 22.8 Å². The van der Waals surface area contributed by atoms with Gasteiger partial charge in [0.25, 0.3) is 11.1 Å². The Balaban J connectivity index is 1.30. The first-order chi connectivity index (χ1) is 16.6. The summed E-state index contributed by atoms with van der Waals surface area (Å²) >= 11 is 0.900. The number of benzene rings is 4. The monoisotopic (exact) mass is 469 g/mol. The lowest BCUT2D eigenvalue weighted by Gasteiger charge is -2.12. The quantitative estimate of drug-likeness (QED) is 0.292. The van der Waals surface area contributed by atoms with E-state index in [4.69, 9.17) is 4.74 Å². The van der Waals surface area contributed by atoms with Gasteiger partial charge in [-0.25, -0.2) is 4.39 Å². The predicted octanol–water partition coefficient (Wildman–Crippen LogP) is 6.79. The molecule has 1 aliphatic rings. The van der Waals surface area contributed by atoms with Gasteiger partial charge >= 0.3 is 0 Å². The van der Waals surface area contributed by atoms with E-state index in [1.54, 1.807) is 18.2 Å². The zero-order valence-corrected chi connectivity index (χ0v) is 18.9. The van der Waals surface area contributed by atoms with Crippen LogP contribution in [0.2, 0.25) is 0 Å². The number of thioether (sulfide) groups is 1. The lowest BCUT2D eigenvalue weighted by Crippen LogP contribution is -2.27. The highest BCUT2D eigenvalue weighted by atomic mass is 32.2. The van der Waals surface area contributed by atoms with Crippen molar-refractivity contribution in [2.75, 3.05) is 0 Å². The van der Waals surface area contributed by atoms with Crippen LogP contribution in [-0.2, 0) is 17.9 Å². The average molecular weight is 470 g/mol. The summed E-state index contributed by atoms with van der Waals surface area (Å²) in [7, 11) is 0. The van der Waals surface area contributed by atoms with Gasteiger partial charge < -0.3 is 4.74 Å². The van der Waals surface area contributed by atoms with Gasteiger partial charge in [0, 0.05) is 0 Å². The average Bonchev–Trinajstić information content (AvgIpc) is 3.11.